The highest BCUT2D eigenvalue weighted by molar-refractivity contribution is 6.01. The minimum absolute atomic E-state index is 0.247. The lowest BCUT2D eigenvalue weighted by atomic mass is 9.90. The molecule has 0 spiro atoms. The van der Waals surface area contributed by atoms with Gasteiger partial charge >= 0.3 is 11.9 Å². The average molecular weight is 256 g/mol. The molecule has 0 N–H and O–H groups in total. The Labute approximate surface area is 109 Å². The van der Waals surface area contributed by atoms with E-state index in [1.165, 1.54) is 6.92 Å². The van der Waals surface area contributed by atoms with Crippen molar-refractivity contribution in [2.45, 2.75) is 47.0 Å². The second kappa shape index (κ2) is 8.72. The fourth-order valence-electron chi connectivity index (χ4n) is 1.42. The summed E-state index contributed by atoms with van der Waals surface area (Å²) in [6.45, 7) is 7.54. The summed E-state index contributed by atoms with van der Waals surface area (Å²) in [7, 11) is 0. The third-order valence-electron chi connectivity index (χ3n) is 2.57. The summed E-state index contributed by atoms with van der Waals surface area (Å²) in [6.07, 6.45) is 6.37. The number of carbonyl (C=O) groups is 2. The van der Waals surface area contributed by atoms with Crippen molar-refractivity contribution in [3.05, 3.63) is 12.2 Å². The Bertz CT molecular complexity index is 276. The molecule has 0 bridgehead atoms. The van der Waals surface area contributed by atoms with Gasteiger partial charge in [-0.2, -0.15) is 0 Å². The van der Waals surface area contributed by atoms with E-state index >= 15 is 0 Å². The molecule has 4 nitrogen and oxygen atoms in total. The van der Waals surface area contributed by atoms with E-state index in [0.29, 0.717) is 0 Å². The Morgan fingerprint density at radius 2 is 1.56 bits per heavy atom. The first-order chi connectivity index (χ1) is 8.52. The van der Waals surface area contributed by atoms with Crippen molar-refractivity contribution in [2.24, 2.45) is 5.41 Å². The van der Waals surface area contributed by atoms with E-state index in [2.05, 4.69) is 6.92 Å². The lowest BCUT2D eigenvalue weighted by Crippen LogP contribution is -2.37. The molecule has 0 heterocycles. The maximum atomic E-state index is 11.9. The maximum absolute atomic E-state index is 11.9. The Hall–Kier alpha value is -1.32. The molecule has 0 aromatic rings. The molecule has 0 aliphatic heterocycles. The van der Waals surface area contributed by atoms with Gasteiger partial charge in [0.1, 0.15) is 0 Å². The summed E-state index contributed by atoms with van der Waals surface area (Å²) in [4.78, 5) is 23.7. The first-order valence-corrected chi connectivity index (χ1v) is 6.55. The van der Waals surface area contributed by atoms with Crippen LogP contribution in [0.5, 0.6) is 0 Å². The molecule has 0 radical (unpaired) electrons. The van der Waals surface area contributed by atoms with Gasteiger partial charge in [0.2, 0.25) is 0 Å². The molecule has 0 aliphatic carbocycles. The van der Waals surface area contributed by atoms with Crippen molar-refractivity contribution in [3.63, 3.8) is 0 Å². The molecule has 0 saturated heterocycles. The van der Waals surface area contributed by atoms with Crippen LogP contribution in [-0.2, 0) is 19.1 Å². The highest BCUT2D eigenvalue weighted by Crippen LogP contribution is 2.23. The van der Waals surface area contributed by atoms with Crippen molar-refractivity contribution in [1.29, 1.82) is 0 Å². The van der Waals surface area contributed by atoms with Crippen LogP contribution in [0.15, 0.2) is 12.2 Å². The molecule has 0 aromatic heterocycles. The van der Waals surface area contributed by atoms with Gasteiger partial charge in [0.15, 0.2) is 5.41 Å². The zero-order valence-corrected chi connectivity index (χ0v) is 11.8. The zero-order chi connectivity index (χ0) is 14.0. The molecule has 18 heavy (non-hydrogen) atoms. The van der Waals surface area contributed by atoms with E-state index < -0.39 is 17.4 Å². The molecule has 0 amide bonds. The van der Waals surface area contributed by atoms with E-state index in [1.54, 1.807) is 19.9 Å². The van der Waals surface area contributed by atoms with Crippen LogP contribution in [-0.4, -0.2) is 25.2 Å². The van der Waals surface area contributed by atoms with Gasteiger partial charge in [0, 0.05) is 0 Å². The second-order valence-electron chi connectivity index (χ2n) is 4.19. The molecule has 0 aliphatic rings. The average Bonchev–Trinajstić information content (AvgIpc) is 2.35. The quantitative estimate of drug-likeness (QED) is 0.290. The molecular formula is C14H24O4. The molecule has 104 valence electrons. The Morgan fingerprint density at radius 1 is 1.06 bits per heavy atom. The van der Waals surface area contributed by atoms with Crippen molar-refractivity contribution in [2.75, 3.05) is 13.2 Å². The molecule has 0 unspecified atom stereocenters. The molecule has 0 atom stereocenters. The van der Waals surface area contributed by atoms with Gasteiger partial charge < -0.3 is 9.47 Å². The van der Waals surface area contributed by atoms with Crippen LogP contribution in [0.2, 0.25) is 0 Å². The summed E-state index contributed by atoms with van der Waals surface area (Å²) in [6, 6.07) is 0. The number of hydrogen-bond acceptors (Lipinski definition) is 4. The fourth-order valence-corrected chi connectivity index (χ4v) is 1.42. The highest BCUT2D eigenvalue weighted by Gasteiger charge is 2.41. The highest BCUT2D eigenvalue weighted by atomic mass is 16.6. The number of unbranched alkanes of at least 4 members (excludes halogenated alkanes) is 2. The summed E-state index contributed by atoms with van der Waals surface area (Å²) in [5, 5.41) is 0. The van der Waals surface area contributed by atoms with E-state index in [4.69, 9.17) is 9.47 Å². The minimum Gasteiger partial charge on any atom is -0.465 e. The fraction of sp³-hybridized carbons (Fsp3) is 0.714. The smallest absolute Gasteiger partial charge is 0.327 e. The molecule has 0 aromatic carbocycles. The normalized spacial score (nSPS) is 11.6. The lowest BCUT2D eigenvalue weighted by Gasteiger charge is -2.21. The number of ether oxygens (including phenoxy) is 2. The van der Waals surface area contributed by atoms with Crippen molar-refractivity contribution >= 4 is 11.9 Å². The number of hydrogen-bond donors (Lipinski definition) is 0. The van der Waals surface area contributed by atoms with E-state index in [9.17, 15) is 9.59 Å². The van der Waals surface area contributed by atoms with Crippen molar-refractivity contribution < 1.29 is 19.1 Å². The number of allylic oxidation sites excluding steroid dienone is 1. The molecule has 4 heteroatoms. The summed E-state index contributed by atoms with van der Waals surface area (Å²) in [5.41, 5.74) is -1.33. The van der Waals surface area contributed by atoms with Gasteiger partial charge in [0.05, 0.1) is 13.2 Å². The van der Waals surface area contributed by atoms with Crippen LogP contribution in [0.4, 0.5) is 0 Å². The molecular weight excluding hydrogens is 232 g/mol. The van der Waals surface area contributed by atoms with E-state index in [-0.39, 0.29) is 13.2 Å². The third-order valence-corrected chi connectivity index (χ3v) is 2.57. The van der Waals surface area contributed by atoms with Gasteiger partial charge in [-0.3, -0.25) is 9.59 Å². The monoisotopic (exact) mass is 256 g/mol. The van der Waals surface area contributed by atoms with Crippen LogP contribution in [0.25, 0.3) is 0 Å². The molecule has 0 saturated carbocycles. The van der Waals surface area contributed by atoms with Gasteiger partial charge in [-0.25, -0.2) is 0 Å². The minimum atomic E-state index is -1.33. The van der Waals surface area contributed by atoms with Gasteiger partial charge in [-0.15, -0.1) is 0 Å². The SMILES string of the molecule is CCCC/C=C\C(C)(C(=O)OCC)C(=O)OCC. The zero-order valence-electron chi connectivity index (χ0n) is 11.8. The van der Waals surface area contributed by atoms with Crippen molar-refractivity contribution in [1.82, 2.24) is 0 Å². The van der Waals surface area contributed by atoms with Gasteiger partial charge in [0.25, 0.3) is 0 Å². The number of esters is 2. The standard InChI is InChI=1S/C14H24O4/c1-5-8-9-10-11-14(4,12(15)17-6-2)13(16)18-7-3/h10-11H,5-9H2,1-4H3/b11-10-. The molecule has 0 fully saturated rings. The Kier molecular flexibility index (Phi) is 8.08. The summed E-state index contributed by atoms with van der Waals surface area (Å²) < 4.78 is 9.88. The lowest BCUT2D eigenvalue weighted by molar-refractivity contribution is -0.166. The van der Waals surface area contributed by atoms with Crippen LogP contribution >= 0.6 is 0 Å². The largest absolute Gasteiger partial charge is 0.465 e. The first-order valence-electron chi connectivity index (χ1n) is 6.55. The van der Waals surface area contributed by atoms with E-state index in [1.807, 2.05) is 6.08 Å². The Morgan fingerprint density at radius 3 is 1.94 bits per heavy atom. The summed E-state index contributed by atoms with van der Waals surface area (Å²) >= 11 is 0. The summed E-state index contributed by atoms with van der Waals surface area (Å²) in [5.74, 6) is -1.12. The van der Waals surface area contributed by atoms with Crippen molar-refractivity contribution in [3.8, 4) is 0 Å². The van der Waals surface area contributed by atoms with Gasteiger partial charge in [-0.05, 0) is 27.2 Å². The maximum Gasteiger partial charge on any atom is 0.327 e. The topological polar surface area (TPSA) is 52.6 Å². The van der Waals surface area contributed by atoms with Crippen LogP contribution < -0.4 is 0 Å². The van der Waals surface area contributed by atoms with Crippen LogP contribution in [0, 0.1) is 5.41 Å². The van der Waals surface area contributed by atoms with Crippen LogP contribution in [0.1, 0.15) is 47.0 Å². The van der Waals surface area contributed by atoms with Gasteiger partial charge in [-0.1, -0.05) is 31.9 Å². The number of carbonyl (C=O) groups excluding carboxylic acids is 2. The Balaban J connectivity index is 4.84. The first kappa shape index (κ1) is 16.7. The third kappa shape index (κ3) is 4.90. The predicted octanol–water partition coefficient (Wildman–Crippen LogP) is 2.87. The second-order valence-corrected chi connectivity index (χ2v) is 4.19. The van der Waals surface area contributed by atoms with E-state index in [0.717, 1.165) is 19.3 Å². The predicted molar refractivity (Wildman–Crippen MR) is 70.0 cm³/mol. The van der Waals surface area contributed by atoms with Crippen LogP contribution in [0.3, 0.4) is 0 Å². The number of rotatable bonds is 8. The molecule has 0 rings (SSSR count).